The van der Waals surface area contributed by atoms with Gasteiger partial charge in [0.1, 0.15) is 0 Å². The number of carbonyl (C=O) groups is 1. The number of aryl methyl sites for hydroxylation is 1. The highest BCUT2D eigenvalue weighted by molar-refractivity contribution is 5.82. The molecule has 2 heterocycles. The van der Waals surface area contributed by atoms with Gasteiger partial charge >= 0.3 is 0 Å². The molecule has 17 heavy (non-hydrogen) atoms. The van der Waals surface area contributed by atoms with Crippen LogP contribution < -0.4 is 4.90 Å². The summed E-state index contributed by atoms with van der Waals surface area (Å²) in [6.45, 7) is 8.08. The van der Waals surface area contributed by atoms with Gasteiger partial charge in [-0.05, 0) is 19.1 Å². The molecule has 1 aromatic rings. The predicted molar refractivity (Wildman–Crippen MR) is 70.2 cm³/mol. The number of aromatic nitrogens is 1. The van der Waals surface area contributed by atoms with Gasteiger partial charge in [0, 0.05) is 25.8 Å². The molecule has 1 fully saturated rings. The van der Waals surface area contributed by atoms with E-state index in [1.807, 2.05) is 46.1 Å². The van der Waals surface area contributed by atoms with Crippen molar-refractivity contribution in [1.82, 2.24) is 9.88 Å². The van der Waals surface area contributed by atoms with Crippen molar-refractivity contribution >= 4 is 11.6 Å². The minimum Gasteiger partial charge on any atom is -0.359 e. The topological polar surface area (TPSA) is 36.4 Å². The van der Waals surface area contributed by atoms with Crippen LogP contribution in [0.5, 0.6) is 0 Å². The number of likely N-dealkylation sites (N-methyl/N-ethyl adjacent to an activating group) is 1. The van der Waals surface area contributed by atoms with Gasteiger partial charge in [0.2, 0.25) is 5.91 Å². The predicted octanol–water partition coefficient (Wildman–Crippen LogP) is 1.69. The molecule has 1 aliphatic rings. The van der Waals surface area contributed by atoms with Crippen LogP contribution in [0, 0.1) is 6.92 Å². The second-order valence-electron chi connectivity index (χ2n) is 3.89. The summed E-state index contributed by atoms with van der Waals surface area (Å²) in [5.74, 6) is 0.168. The molecule has 0 bridgehead atoms. The zero-order valence-corrected chi connectivity index (χ0v) is 11.1. The van der Waals surface area contributed by atoms with Crippen LogP contribution in [-0.4, -0.2) is 42.5 Å². The third-order valence-electron chi connectivity index (χ3n) is 2.72. The van der Waals surface area contributed by atoms with Crippen molar-refractivity contribution in [2.75, 3.05) is 31.6 Å². The number of nitrogens with zero attached hydrogens (tertiary/aromatic N) is 3. The van der Waals surface area contributed by atoms with E-state index in [9.17, 15) is 4.79 Å². The molecule has 2 rings (SSSR count). The van der Waals surface area contributed by atoms with Crippen LogP contribution in [0.25, 0.3) is 0 Å². The van der Waals surface area contributed by atoms with Crippen molar-refractivity contribution in [1.29, 1.82) is 0 Å². The Bertz CT molecular complexity index is 361. The number of pyridine rings is 1. The molecule has 1 amide bonds. The molecule has 0 radical (unpaired) electrons. The molecule has 94 valence electrons. The third-order valence-corrected chi connectivity index (χ3v) is 2.72. The Hall–Kier alpha value is -1.58. The van der Waals surface area contributed by atoms with E-state index >= 15 is 0 Å². The van der Waals surface area contributed by atoms with Crippen LogP contribution in [0.2, 0.25) is 0 Å². The monoisotopic (exact) mass is 235 g/mol. The molecule has 1 aliphatic heterocycles. The maximum Gasteiger partial charge on any atom is 0.241 e. The molecule has 4 nitrogen and oxygen atoms in total. The lowest BCUT2D eigenvalue weighted by molar-refractivity contribution is -0.129. The zero-order chi connectivity index (χ0) is 12.8. The molecule has 1 saturated heterocycles. The number of hydrogen-bond donors (Lipinski definition) is 0. The molecule has 4 heteroatoms. The van der Waals surface area contributed by atoms with E-state index in [0.717, 1.165) is 24.5 Å². The minimum absolute atomic E-state index is 0.168. The van der Waals surface area contributed by atoms with Gasteiger partial charge < -0.3 is 9.80 Å². The molecule has 0 unspecified atom stereocenters. The Morgan fingerprint density at radius 1 is 1.24 bits per heavy atom. The average Bonchev–Trinajstić information content (AvgIpc) is 2.36. The number of anilines is 1. The van der Waals surface area contributed by atoms with Crippen LogP contribution in [0.15, 0.2) is 18.3 Å². The molecule has 0 spiro atoms. The number of amides is 1. The number of hydrogen-bond acceptors (Lipinski definition) is 3. The van der Waals surface area contributed by atoms with Crippen LogP contribution in [-0.2, 0) is 4.79 Å². The van der Waals surface area contributed by atoms with Crippen molar-refractivity contribution in [2.45, 2.75) is 20.8 Å². The maximum absolute atomic E-state index is 11.5. The third kappa shape index (κ3) is 3.44. The van der Waals surface area contributed by atoms with Gasteiger partial charge in [0.25, 0.3) is 0 Å². The van der Waals surface area contributed by atoms with E-state index in [-0.39, 0.29) is 5.91 Å². The first kappa shape index (κ1) is 13.5. The lowest BCUT2D eigenvalue weighted by atomic mass is 10.2. The lowest BCUT2D eigenvalue weighted by Crippen LogP contribution is -2.48. The first-order valence-corrected chi connectivity index (χ1v) is 6.08. The molecule has 0 aliphatic carbocycles. The SMILES string of the molecule is CC.Cc1ccc(N2CCN(C)C(=O)C2)cn1. The highest BCUT2D eigenvalue weighted by Crippen LogP contribution is 2.15. The van der Waals surface area contributed by atoms with Crippen molar-refractivity contribution in [3.05, 3.63) is 24.0 Å². The highest BCUT2D eigenvalue weighted by atomic mass is 16.2. The molecular formula is C13H21N3O. The zero-order valence-electron chi connectivity index (χ0n) is 11.1. The van der Waals surface area contributed by atoms with Crippen molar-refractivity contribution in [2.24, 2.45) is 0 Å². The Kier molecular flexibility index (Phi) is 4.94. The summed E-state index contributed by atoms with van der Waals surface area (Å²) in [6.07, 6.45) is 1.83. The van der Waals surface area contributed by atoms with E-state index < -0.39 is 0 Å². The van der Waals surface area contributed by atoms with Crippen LogP contribution in [0.3, 0.4) is 0 Å². The maximum atomic E-state index is 11.5. The Labute approximate surface area is 103 Å². The van der Waals surface area contributed by atoms with Crippen molar-refractivity contribution in [3.8, 4) is 0 Å². The molecule has 0 aromatic carbocycles. The fourth-order valence-corrected chi connectivity index (χ4v) is 1.63. The fourth-order valence-electron chi connectivity index (χ4n) is 1.63. The summed E-state index contributed by atoms with van der Waals surface area (Å²) in [5, 5.41) is 0. The molecule has 0 N–H and O–H groups in total. The minimum atomic E-state index is 0.168. The van der Waals surface area contributed by atoms with E-state index in [2.05, 4.69) is 9.88 Å². The number of carbonyl (C=O) groups excluding carboxylic acids is 1. The number of piperazine rings is 1. The first-order valence-electron chi connectivity index (χ1n) is 6.08. The summed E-state index contributed by atoms with van der Waals surface area (Å²) >= 11 is 0. The molecule has 1 aromatic heterocycles. The first-order chi connectivity index (χ1) is 8.16. The van der Waals surface area contributed by atoms with Gasteiger partial charge in [0.05, 0.1) is 18.4 Å². The van der Waals surface area contributed by atoms with Gasteiger partial charge in [-0.1, -0.05) is 13.8 Å². The van der Waals surface area contributed by atoms with Crippen LogP contribution in [0.1, 0.15) is 19.5 Å². The van der Waals surface area contributed by atoms with Crippen LogP contribution in [0.4, 0.5) is 5.69 Å². The van der Waals surface area contributed by atoms with Crippen LogP contribution >= 0.6 is 0 Å². The number of rotatable bonds is 1. The standard InChI is InChI=1S/C11H15N3O.C2H6/c1-9-3-4-10(7-12-9)14-6-5-13(2)11(15)8-14;1-2/h3-4,7H,5-6,8H2,1-2H3;1-2H3. The van der Waals surface area contributed by atoms with E-state index in [4.69, 9.17) is 0 Å². The normalized spacial score (nSPS) is 15.4. The van der Waals surface area contributed by atoms with Crippen molar-refractivity contribution < 1.29 is 4.79 Å². The summed E-state index contributed by atoms with van der Waals surface area (Å²) in [5.41, 5.74) is 2.03. The second kappa shape index (κ2) is 6.23. The van der Waals surface area contributed by atoms with Crippen molar-refractivity contribution in [3.63, 3.8) is 0 Å². The van der Waals surface area contributed by atoms with Gasteiger partial charge in [-0.25, -0.2) is 0 Å². The van der Waals surface area contributed by atoms with Gasteiger partial charge in [-0.3, -0.25) is 9.78 Å². The summed E-state index contributed by atoms with van der Waals surface area (Å²) in [4.78, 5) is 19.6. The summed E-state index contributed by atoms with van der Waals surface area (Å²) in [6, 6.07) is 3.99. The fraction of sp³-hybridized carbons (Fsp3) is 0.538. The Morgan fingerprint density at radius 3 is 2.47 bits per heavy atom. The quantitative estimate of drug-likeness (QED) is 0.743. The Balaban J connectivity index is 0.000000686. The second-order valence-corrected chi connectivity index (χ2v) is 3.89. The Morgan fingerprint density at radius 2 is 1.94 bits per heavy atom. The smallest absolute Gasteiger partial charge is 0.241 e. The largest absolute Gasteiger partial charge is 0.359 e. The van der Waals surface area contributed by atoms with E-state index in [1.54, 1.807) is 4.90 Å². The summed E-state index contributed by atoms with van der Waals surface area (Å²) < 4.78 is 0. The average molecular weight is 235 g/mol. The molecular weight excluding hydrogens is 214 g/mol. The van der Waals surface area contributed by atoms with E-state index in [1.165, 1.54) is 0 Å². The van der Waals surface area contributed by atoms with E-state index in [0.29, 0.717) is 6.54 Å². The lowest BCUT2D eigenvalue weighted by Gasteiger charge is -2.33. The highest BCUT2D eigenvalue weighted by Gasteiger charge is 2.20. The summed E-state index contributed by atoms with van der Waals surface area (Å²) in [7, 11) is 1.84. The molecule has 0 saturated carbocycles. The van der Waals surface area contributed by atoms with Gasteiger partial charge in [-0.15, -0.1) is 0 Å². The van der Waals surface area contributed by atoms with Gasteiger partial charge in [-0.2, -0.15) is 0 Å². The molecule has 0 atom stereocenters. The van der Waals surface area contributed by atoms with Gasteiger partial charge in [0.15, 0.2) is 0 Å².